The van der Waals surface area contributed by atoms with Crippen LogP contribution in [0.15, 0.2) is 42.7 Å². The number of aliphatic hydroxyl groups excluding tert-OH is 2. The normalized spacial score (nSPS) is 28.8. The van der Waals surface area contributed by atoms with E-state index >= 15 is 0 Å². The van der Waals surface area contributed by atoms with Gasteiger partial charge in [-0.05, 0) is 42.4 Å². The van der Waals surface area contributed by atoms with Gasteiger partial charge in [-0.25, -0.2) is 0 Å². The Morgan fingerprint density at radius 3 is 2.94 bits per heavy atom. The molecule has 1 aliphatic carbocycles. The lowest BCUT2D eigenvalue weighted by molar-refractivity contribution is -0.131. The highest BCUT2D eigenvalue weighted by atomic mass is 32.1. The predicted octanol–water partition coefficient (Wildman–Crippen LogP) is 0.300. The second kappa shape index (κ2) is 7.95. The van der Waals surface area contributed by atoms with Crippen molar-refractivity contribution in [2.24, 2.45) is 5.92 Å². The monoisotopic (exact) mass is 442 g/mol. The summed E-state index contributed by atoms with van der Waals surface area (Å²) in [7, 11) is 0. The molecule has 1 aromatic carbocycles. The highest BCUT2D eigenvalue weighted by Gasteiger charge is 2.54. The number of pyridine rings is 1. The first-order chi connectivity index (χ1) is 15.0. The van der Waals surface area contributed by atoms with Crippen LogP contribution in [0.3, 0.4) is 0 Å². The Morgan fingerprint density at radius 1 is 1.29 bits per heavy atom. The number of rotatable bonds is 4. The molecule has 10 heteroatoms. The van der Waals surface area contributed by atoms with E-state index in [0.717, 1.165) is 11.3 Å². The van der Waals surface area contributed by atoms with Crippen LogP contribution in [0.25, 0.3) is 0 Å². The van der Waals surface area contributed by atoms with Crippen molar-refractivity contribution in [1.29, 1.82) is 0 Å². The summed E-state index contributed by atoms with van der Waals surface area (Å²) in [6.45, 7) is 0.471. The van der Waals surface area contributed by atoms with Crippen molar-refractivity contribution in [2.75, 3.05) is 11.7 Å². The first-order valence-electron chi connectivity index (χ1n) is 10.0. The number of carbonyl (C=O) groups is 1. The van der Waals surface area contributed by atoms with E-state index in [0.29, 0.717) is 23.2 Å². The van der Waals surface area contributed by atoms with Crippen LogP contribution in [0.4, 0.5) is 5.69 Å². The minimum absolute atomic E-state index is 0.118. The number of nitrogens with zero attached hydrogens (tertiary/aromatic N) is 2. The van der Waals surface area contributed by atoms with Crippen molar-refractivity contribution >= 4 is 28.9 Å². The molecule has 162 valence electrons. The lowest BCUT2D eigenvalue weighted by Gasteiger charge is -2.41. The molecule has 0 radical (unpaired) electrons. The fourth-order valence-corrected chi connectivity index (χ4v) is 4.86. The van der Waals surface area contributed by atoms with Crippen molar-refractivity contribution in [2.45, 2.75) is 37.3 Å². The molecule has 4 N–H and O–H groups in total. The number of hydrogen-bond donors (Lipinski definition) is 4. The van der Waals surface area contributed by atoms with E-state index in [-0.39, 0.29) is 19.1 Å². The number of hydrogen-bond acceptors (Lipinski definition) is 7. The van der Waals surface area contributed by atoms with E-state index in [1.54, 1.807) is 30.6 Å². The first kappa shape index (κ1) is 20.0. The highest BCUT2D eigenvalue weighted by Crippen LogP contribution is 2.41. The molecular formula is C21H22N4O5S. The quantitative estimate of drug-likeness (QED) is 0.496. The molecule has 3 heterocycles. The van der Waals surface area contributed by atoms with E-state index in [9.17, 15) is 15.0 Å². The van der Waals surface area contributed by atoms with Crippen molar-refractivity contribution in [3.05, 3.63) is 48.3 Å². The summed E-state index contributed by atoms with van der Waals surface area (Å²) in [5, 5.41) is 27.4. The fraction of sp³-hybridized carbons (Fsp3) is 0.381. The third-order valence-corrected chi connectivity index (χ3v) is 6.32. The largest absolute Gasteiger partial charge is 0.454 e. The van der Waals surface area contributed by atoms with E-state index in [4.69, 9.17) is 21.7 Å². The number of fused-ring (bicyclic) bond motifs is 2. The molecule has 5 rings (SSSR count). The van der Waals surface area contributed by atoms with Crippen LogP contribution in [0.5, 0.6) is 11.5 Å². The number of ether oxygens (including phenoxy) is 2. The molecule has 0 unspecified atom stereocenters. The number of aromatic nitrogens is 1. The molecule has 31 heavy (non-hydrogen) atoms. The number of amides is 1. The van der Waals surface area contributed by atoms with E-state index < -0.39 is 30.2 Å². The van der Waals surface area contributed by atoms with Gasteiger partial charge in [-0.2, -0.15) is 0 Å². The Hall–Kier alpha value is -2.95. The number of thiocarbonyl (C=S) groups is 1. The van der Waals surface area contributed by atoms with Gasteiger partial charge in [-0.1, -0.05) is 6.07 Å². The Kier molecular flexibility index (Phi) is 5.12. The van der Waals surface area contributed by atoms with Crippen LogP contribution in [0, 0.1) is 5.92 Å². The minimum atomic E-state index is -1.05. The Balaban J connectivity index is 1.43. The lowest BCUT2D eigenvalue weighted by Crippen LogP contribution is -2.60. The number of anilines is 1. The molecule has 0 spiro atoms. The predicted molar refractivity (Wildman–Crippen MR) is 115 cm³/mol. The van der Waals surface area contributed by atoms with Gasteiger partial charge in [0.1, 0.15) is 6.10 Å². The molecule has 1 saturated carbocycles. The first-order valence-corrected chi connectivity index (χ1v) is 10.5. The molecule has 5 atom stereocenters. The summed E-state index contributed by atoms with van der Waals surface area (Å²) in [4.78, 5) is 19.1. The average Bonchev–Trinajstić information content (AvgIpc) is 3.39. The van der Waals surface area contributed by atoms with Crippen LogP contribution in [0.1, 0.15) is 12.0 Å². The third-order valence-electron chi connectivity index (χ3n) is 6.01. The second-order valence-electron chi connectivity index (χ2n) is 7.85. The summed E-state index contributed by atoms with van der Waals surface area (Å²) < 4.78 is 10.9. The molecule has 1 aromatic heterocycles. The third kappa shape index (κ3) is 3.56. The molecule has 2 fully saturated rings. The summed E-state index contributed by atoms with van der Waals surface area (Å²) >= 11 is 5.55. The molecular weight excluding hydrogens is 420 g/mol. The zero-order valence-corrected chi connectivity index (χ0v) is 17.3. The average molecular weight is 442 g/mol. The smallest absolute Gasteiger partial charge is 0.231 e. The summed E-state index contributed by atoms with van der Waals surface area (Å²) in [5.74, 6) is 0.418. The van der Waals surface area contributed by atoms with Gasteiger partial charge in [0, 0.05) is 30.7 Å². The molecule has 2 aliphatic heterocycles. The van der Waals surface area contributed by atoms with Gasteiger partial charge in [-0.15, -0.1) is 0 Å². The van der Waals surface area contributed by atoms with Gasteiger partial charge in [0.25, 0.3) is 0 Å². The summed E-state index contributed by atoms with van der Waals surface area (Å²) in [6, 6.07) is 8.06. The number of carbonyl (C=O) groups excluding carboxylic acids is 1. The van der Waals surface area contributed by atoms with E-state index in [2.05, 4.69) is 15.6 Å². The maximum Gasteiger partial charge on any atom is 0.231 e. The van der Waals surface area contributed by atoms with Gasteiger partial charge >= 0.3 is 0 Å². The summed E-state index contributed by atoms with van der Waals surface area (Å²) in [5.41, 5.74) is 1.60. The van der Waals surface area contributed by atoms with Gasteiger partial charge in [0.2, 0.25) is 12.7 Å². The van der Waals surface area contributed by atoms with Crippen LogP contribution in [-0.2, 0) is 11.3 Å². The molecule has 3 aliphatic rings. The maximum absolute atomic E-state index is 13.2. The van der Waals surface area contributed by atoms with Crippen LogP contribution < -0.4 is 25.0 Å². The molecule has 9 nitrogen and oxygen atoms in total. The molecule has 1 amide bonds. The maximum atomic E-state index is 13.2. The zero-order chi connectivity index (χ0) is 21.5. The second-order valence-corrected chi connectivity index (χ2v) is 8.24. The van der Waals surface area contributed by atoms with Crippen LogP contribution >= 0.6 is 12.2 Å². The Labute approximate surface area is 184 Å². The van der Waals surface area contributed by atoms with Gasteiger partial charge in [0.05, 0.1) is 24.1 Å². The van der Waals surface area contributed by atoms with Crippen LogP contribution in [-0.4, -0.2) is 57.3 Å². The van der Waals surface area contributed by atoms with Crippen molar-refractivity contribution in [3.8, 4) is 11.5 Å². The van der Waals surface area contributed by atoms with E-state index in [1.165, 1.54) is 0 Å². The van der Waals surface area contributed by atoms with Crippen molar-refractivity contribution in [1.82, 2.24) is 15.6 Å². The number of nitrogens with one attached hydrogen (secondary N) is 2. The van der Waals surface area contributed by atoms with E-state index in [1.807, 2.05) is 17.0 Å². The Morgan fingerprint density at radius 2 is 2.13 bits per heavy atom. The zero-order valence-electron chi connectivity index (χ0n) is 16.5. The number of aliphatic hydroxyl groups is 2. The lowest BCUT2D eigenvalue weighted by atomic mass is 9.77. The minimum Gasteiger partial charge on any atom is -0.454 e. The topological polar surface area (TPSA) is 116 Å². The molecule has 0 bridgehead atoms. The molecule has 2 aromatic rings. The fourth-order valence-electron chi connectivity index (χ4n) is 4.50. The summed E-state index contributed by atoms with van der Waals surface area (Å²) in [6.07, 6.45) is 1.38. The standard InChI is InChI=1S/C21H22N4O5S/c26-14-7-13(20(28)23-9-11-2-1-5-22-8-11)18-17(19(14)27)24-21(31)25(18)12-3-4-15-16(6-12)30-10-29-15/h1-6,8,13-14,17-19,26-27H,7,9-10H2,(H,23,28)(H,24,31)/t13-,14+,17-,18+,19-/m0/s1. The van der Waals surface area contributed by atoms with Crippen molar-refractivity contribution < 1.29 is 24.5 Å². The SMILES string of the molecule is O=C(NCc1cccnc1)[C@H]1C[C@@H](O)[C@H](O)[C@H]2NC(=S)N(c3ccc4c(c3)OCO4)[C@@H]21. The molecule has 1 saturated heterocycles. The van der Waals surface area contributed by atoms with Crippen LogP contribution in [0.2, 0.25) is 0 Å². The Bertz CT molecular complexity index is 1010. The number of benzene rings is 1. The van der Waals surface area contributed by atoms with Crippen molar-refractivity contribution in [3.63, 3.8) is 0 Å². The van der Waals surface area contributed by atoms with Gasteiger partial charge < -0.3 is 35.2 Å². The highest BCUT2D eigenvalue weighted by molar-refractivity contribution is 7.80. The van der Waals surface area contributed by atoms with Gasteiger partial charge in [-0.3, -0.25) is 9.78 Å². The van der Waals surface area contributed by atoms with Gasteiger partial charge in [0.15, 0.2) is 16.6 Å².